The Hall–Kier alpha value is -2.88. The Morgan fingerprint density at radius 3 is 2.79 bits per heavy atom. The first-order valence-electron chi connectivity index (χ1n) is 5.02. The van der Waals surface area contributed by atoms with Gasteiger partial charge in [0.15, 0.2) is 6.29 Å². The smallest absolute Gasteiger partial charge is 0.317 e. The predicted octanol–water partition coefficient (Wildman–Crippen LogP) is 1.03. The quantitative estimate of drug-likeness (QED) is 0.287. The van der Waals surface area contributed by atoms with Crippen LogP contribution in [-0.2, 0) is 9.53 Å². The highest BCUT2D eigenvalue weighted by atomic mass is 16.6. The van der Waals surface area contributed by atoms with E-state index in [4.69, 9.17) is 0 Å². The number of nitro benzene ring substituents is 1. The van der Waals surface area contributed by atoms with Crippen molar-refractivity contribution in [3.8, 4) is 17.6 Å². The molecule has 0 spiro atoms. The summed E-state index contributed by atoms with van der Waals surface area (Å²) in [7, 11) is 1.21. The Labute approximate surface area is 108 Å². The number of hydrogen-bond acceptors (Lipinski definition) is 6. The van der Waals surface area contributed by atoms with Crippen LogP contribution in [0, 0.1) is 22.0 Å². The van der Waals surface area contributed by atoms with E-state index in [9.17, 15) is 24.8 Å². The van der Waals surface area contributed by atoms with E-state index in [1.54, 1.807) is 0 Å². The maximum atomic E-state index is 10.8. The van der Waals surface area contributed by atoms with Crippen molar-refractivity contribution in [3.05, 3.63) is 33.4 Å². The first-order valence-corrected chi connectivity index (χ1v) is 5.02. The lowest BCUT2D eigenvalue weighted by atomic mass is 10.1. The number of nitrogens with zero attached hydrogens (tertiary/aromatic N) is 1. The summed E-state index contributed by atoms with van der Waals surface area (Å²) < 4.78 is 4.37. The molecule has 0 aliphatic carbocycles. The maximum absolute atomic E-state index is 10.8. The fraction of sp³-hybridized carbons (Fsp3) is 0.167. The Balaban J connectivity index is 3.15. The number of phenols is 1. The second kappa shape index (κ2) is 6.16. The molecular weight excluding hydrogens is 254 g/mol. The number of carbonyl (C=O) groups excluding carboxylic acids is 2. The van der Waals surface area contributed by atoms with Gasteiger partial charge in [-0.05, 0) is 6.07 Å². The number of benzene rings is 1. The third-order valence-electron chi connectivity index (χ3n) is 2.14. The number of ether oxygens (including phenoxy) is 1. The highest BCUT2D eigenvalue weighted by molar-refractivity contribution is 5.83. The van der Waals surface area contributed by atoms with Crippen LogP contribution < -0.4 is 0 Å². The number of hydrogen-bond donors (Lipinski definition) is 1. The van der Waals surface area contributed by atoms with E-state index in [0.29, 0.717) is 0 Å². The van der Waals surface area contributed by atoms with Gasteiger partial charge in [-0.15, -0.1) is 0 Å². The summed E-state index contributed by atoms with van der Waals surface area (Å²) in [6, 6.07) is 2.21. The third-order valence-corrected chi connectivity index (χ3v) is 2.14. The number of nitro groups is 1. The van der Waals surface area contributed by atoms with Gasteiger partial charge in [-0.1, -0.05) is 11.8 Å². The van der Waals surface area contributed by atoms with Crippen molar-refractivity contribution in [2.24, 2.45) is 0 Å². The van der Waals surface area contributed by atoms with Crippen LogP contribution in [0.5, 0.6) is 5.75 Å². The summed E-state index contributed by atoms with van der Waals surface area (Å²) in [4.78, 5) is 31.4. The van der Waals surface area contributed by atoms with Gasteiger partial charge in [0.25, 0.3) is 0 Å². The average molecular weight is 263 g/mol. The zero-order valence-electron chi connectivity index (χ0n) is 9.87. The molecule has 0 saturated heterocycles. The Morgan fingerprint density at radius 1 is 1.58 bits per heavy atom. The van der Waals surface area contributed by atoms with Gasteiger partial charge < -0.3 is 9.84 Å². The van der Waals surface area contributed by atoms with E-state index in [1.165, 1.54) is 13.2 Å². The Bertz CT molecular complexity index is 596. The van der Waals surface area contributed by atoms with Crippen molar-refractivity contribution in [2.45, 2.75) is 6.42 Å². The standard InChI is InChI=1S/C12H9NO6/c1-19-11(15)4-2-3-8-5-9(7-14)12(16)10(6-8)13(17)18/h5-7,16H,4H2,1H3. The normalized spacial score (nSPS) is 9.11. The minimum Gasteiger partial charge on any atom is -0.502 e. The van der Waals surface area contributed by atoms with Gasteiger partial charge in [0.05, 0.1) is 17.6 Å². The fourth-order valence-electron chi connectivity index (χ4n) is 1.23. The molecule has 0 amide bonds. The monoisotopic (exact) mass is 263 g/mol. The summed E-state index contributed by atoms with van der Waals surface area (Å²) in [5.41, 5.74) is -0.709. The number of aromatic hydroxyl groups is 1. The lowest BCUT2D eigenvalue weighted by molar-refractivity contribution is -0.385. The summed E-state index contributed by atoms with van der Waals surface area (Å²) in [5.74, 6) is 3.67. The fourth-order valence-corrected chi connectivity index (χ4v) is 1.23. The van der Waals surface area contributed by atoms with Gasteiger partial charge in [0, 0.05) is 11.6 Å². The van der Waals surface area contributed by atoms with Gasteiger partial charge in [0.2, 0.25) is 5.75 Å². The van der Waals surface area contributed by atoms with E-state index in [1.807, 2.05) is 0 Å². The van der Waals surface area contributed by atoms with Gasteiger partial charge >= 0.3 is 11.7 Å². The van der Waals surface area contributed by atoms with Crippen molar-refractivity contribution in [3.63, 3.8) is 0 Å². The largest absolute Gasteiger partial charge is 0.502 e. The van der Waals surface area contributed by atoms with Crippen molar-refractivity contribution in [1.29, 1.82) is 0 Å². The average Bonchev–Trinajstić information content (AvgIpc) is 2.39. The number of phenolic OH excluding ortho intramolecular Hbond substituents is 1. The summed E-state index contributed by atoms with van der Waals surface area (Å²) in [5, 5.41) is 20.1. The molecule has 98 valence electrons. The van der Waals surface area contributed by atoms with E-state index < -0.39 is 22.3 Å². The van der Waals surface area contributed by atoms with Crippen LogP contribution >= 0.6 is 0 Å². The molecule has 0 aromatic heterocycles. The SMILES string of the molecule is COC(=O)CC#Cc1cc(C=O)c(O)c([N+](=O)[O-])c1. The molecule has 0 atom stereocenters. The Morgan fingerprint density at radius 2 is 2.26 bits per heavy atom. The first kappa shape index (κ1) is 14.2. The number of aldehydes is 1. The predicted molar refractivity (Wildman–Crippen MR) is 63.7 cm³/mol. The van der Waals surface area contributed by atoms with E-state index in [2.05, 4.69) is 16.6 Å². The van der Waals surface area contributed by atoms with Crippen LogP contribution in [-0.4, -0.2) is 29.4 Å². The van der Waals surface area contributed by atoms with Gasteiger partial charge in [0.1, 0.15) is 6.42 Å². The second-order valence-corrected chi connectivity index (χ2v) is 3.36. The molecule has 0 aliphatic rings. The van der Waals surface area contributed by atoms with Crippen LogP contribution in [0.4, 0.5) is 5.69 Å². The molecule has 0 heterocycles. The number of esters is 1. The molecule has 7 nitrogen and oxygen atoms in total. The zero-order valence-corrected chi connectivity index (χ0v) is 9.87. The zero-order chi connectivity index (χ0) is 14.4. The van der Waals surface area contributed by atoms with E-state index in [-0.39, 0.29) is 23.8 Å². The van der Waals surface area contributed by atoms with Crippen LogP contribution in [0.3, 0.4) is 0 Å². The minimum atomic E-state index is -0.826. The Kier molecular flexibility index (Phi) is 4.60. The second-order valence-electron chi connectivity index (χ2n) is 3.36. The van der Waals surface area contributed by atoms with Crippen LogP contribution in [0.15, 0.2) is 12.1 Å². The molecule has 0 aliphatic heterocycles. The van der Waals surface area contributed by atoms with Crippen LogP contribution in [0.1, 0.15) is 22.3 Å². The molecular formula is C12H9NO6. The van der Waals surface area contributed by atoms with Crippen LogP contribution in [0.25, 0.3) is 0 Å². The minimum absolute atomic E-state index is 0.149. The van der Waals surface area contributed by atoms with Crippen molar-refractivity contribution < 1.29 is 24.4 Å². The van der Waals surface area contributed by atoms with Crippen molar-refractivity contribution >= 4 is 17.9 Å². The topological polar surface area (TPSA) is 107 Å². The third kappa shape index (κ3) is 3.54. The lowest BCUT2D eigenvalue weighted by Gasteiger charge is -2.00. The molecule has 0 unspecified atom stereocenters. The maximum Gasteiger partial charge on any atom is 0.317 e. The lowest BCUT2D eigenvalue weighted by Crippen LogP contribution is -1.97. The summed E-state index contributed by atoms with van der Waals surface area (Å²) in [6.45, 7) is 0. The molecule has 19 heavy (non-hydrogen) atoms. The summed E-state index contributed by atoms with van der Waals surface area (Å²) in [6.07, 6.45) is 0.107. The van der Waals surface area contributed by atoms with Gasteiger partial charge in [-0.25, -0.2) is 0 Å². The van der Waals surface area contributed by atoms with Crippen LogP contribution in [0.2, 0.25) is 0 Å². The summed E-state index contributed by atoms with van der Waals surface area (Å²) >= 11 is 0. The van der Waals surface area contributed by atoms with Gasteiger partial charge in [-0.2, -0.15) is 0 Å². The molecule has 1 N–H and O–H groups in total. The molecule has 0 fully saturated rings. The molecule has 0 radical (unpaired) electrons. The number of carbonyl (C=O) groups is 2. The highest BCUT2D eigenvalue weighted by Gasteiger charge is 2.18. The van der Waals surface area contributed by atoms with Crippen molar-refractivity contribution in [1.82, 2.24) is 0 Å². The molecule has 7 heteroatoms. The van der Waals surface area contributed by atoms with E-state index in [0.717, 1.165) is 6.07 Å². The van der Waals surface area contributed by atoms with Gasteiger partial charge in [-0.3, -0.25) is 19.7 Å². The number of rotatable bonds is 3. The van der Waals surface area contributed by atoms with Crippen molar-refractivity contribution in [2.75, 3.05) is 7.11 Å². The molecule has 1 aromatic carbocycles. The highest BCUT2D eigenvalue weighted by Crippen LogP contribution is 2.29. The molecule has 1 rings (SSSR count). The number of methoxy groups -OCH3 is 1. The molecule has 1 aromatic rings. The van der Waals surface area contributed by atoms with E-state index >= 15 is 0 Å². The molecule has 0 saturated carbocycles. The molecule has 0 bridgehead atoms. The first-order chi connectivity index (χ1) is 8.99.